The molecule has 0 radical (unpaired) electrons. The van der Waals surface area contributed by atoms with Crippen LogP contribution < -0.4 is 9.47 Å². The second-order valence-corrected chi connectivity index (χ2v) is 4.64. The maximum Gasteiger partial charge on any atom is 0.161 e. The minimum atomic E-state index is -0.0689. The van der Waals surface area contributed by atoms with Crippen LogP contribution in [0.4, 0.5) is 0 Å². The van der Waals surface area contributed by atoms with E-state index >= 15 is 0 Å². The highest BCUT2D eigenvalue weighted by Crippen LogP contribution is 2.30. The largest absolute Gasteiger partial charge is 0.504 e. The minimum absolute atomic E-state index is 0.0602. The van der Waals surface area contributed by atoms with Crippen LogP contribution in [-0.2, 0) is 0 Å². The van der Waals surface area contributed by atoms with Gasteiger partial charge >= 0.3 is 0 Å². The standard InChI is InChI=1S/C9H10O2.C7H8O2/c1-7-2-3-8-9(6-7)11-5-4-10-8;1-5-2-3-6(8)7(9)4-5/h2-3,6H,4-5H2,1H3;2-4,8-9H,1H3. The predicted molar refractivity (Wildman–Crippen MR) is 76.7 cm³/mol. The molecule has 0 amide bonds. The second kappa shape index (κ2) is 6.19. The Morgan fingerprint density at radius 3 is 2.00 bits per heavy atom. The number of rotatable bonds is 0. The van der Waals surface area contributed by atoms with Gasteiger partial charge in [0.1, 0.15) is 13.2 Å². The normalized spacial score (nSPS) is 12.3. The quantitative estimate of drug-likeness (QED) is 0.724. The van der Waals surface area contributed by atoms with Gasteiger partial charge in [0.2, 0.25) is 0 Å². The van der Waals surface area contributed by atoms with Crippen LogP contribution in [0.5, 0.6) is 23.0 Å². The van der Waals surface area contributed by atoms with Crippen molar-refractivity contribution in [2.24, 2.45) is 0 Å². The number of benzene rings is 2. The average molecular weight is 274 g/mol. The number of fused-ring (bicyclic) bond motifs is 1. The topological polar surface area (TPSA) is 58.9 Å². The van der Waals surface area contributed by atoms with E-state index in [1.165, 1.54) is 17.7 Å². The average Bonchev–Trinajstić information content (AvgIpc) is 2.44. The molecule has 1 aliphatic heterocycles. The molecule has 0 saturated carbocycles. The van der Waals surface area contributed by atoms with Gasteiger partial charge in [-0.15, -0.1) is 0 Å². The maximum atomic E-state index is 8.85. The maximum absolute atomic E-state index is 8.85. The molecule has 2 aromatic rings. The smallest absolute Gasteiger partial charge is 0.161 e. The second-order valence-electron chi connectivity index (χ2n) is 4.64. The van der Waals surface area contributed by atoms with E-state index in [1.807, 2.05) is 32.0 Å². The Labute approximate surface area is 118 Å². The summed E-state index contributed by atoms with van der Waals surface area (Å²) in [6.07, 6.45) is 0. The molecule has 0 spiro atoms. The summed E-state index contributed by atoms with van der Waals surface area (Å²) in [6, 6.07) is 10.7. The third-order valence-electron chi connectivity index (χ3n) is 2.83. The summed E-state index contributed by atoms with van der Waals surface area (Å²) in [5, 5.41) is 17.6. The van der Waals surface area contributed by atoms with Crippen LogP contribution in [0.15, 0.2) is 36.4 Å². The van der Waals surface area contributed by atoms with Crippen LogP contribution in [0.25, 0.3) is 0 Å². The number of hydrogen-bond donors (Lipinski definition) is 2. The molecule has 20 heavy (non-hydrogen) atoms. The van der Waals surface area contributed by atoms with Crippen molar-refractivity contribution in [3.8, 4) is 23.0 Å². The molecule has 4 nitrogen and oxygen atoms in total. The van der Waals surface area contributed by atoms with Gasteiger partial charge < -0.3 is 19.7 Å². The van der Waals surface area contributed by atoms with Gasteiger partial charge in [-0.3, -0.25) is 0 Å². The van der Waals surface area contributed by atoms with Crippen LogP contribution in [0.1, 0.15) is 11.1 Å². The molecule has 0 aliphatic carbocycles. The molecule has 4 heteroatoms. The lowest BCUT2D eigenvalue weighted by Crippen LogP contribution is -2.15. The van der Waals surface area contributed by atoms with Crippen LogP contribution >= 0.6 is 0 Å². The molecule has 106 valence electrons. The fraction of sp³-hybridized carbons (Fsp3) is 0.250. The summed E-state index contributed by atoms with van der Waals surface area (Å²) in [6.45, 7) is 5.21. The van der Waals surface area contributed by atoms with E-state index in [9.17, 15) is 0 Å². The Morgan fingerprint density at radius 1 is 0.750 bits per heavy atom. The Hall–Kier alpha value is -2.36. The van der Waals surface area contributed by atoms with E-state index in [0.717, 1.165) is 17.1 Å². The van der Waals surface area contributed by atoms with E-state index in [0.29, 0.717) is 13.2 Å². The van der Waals surface area contributed by atoms with Crippen molar-refractivity contribution in [1.29, 1.82) is 0 Å². The molecule has 1 aliphatic rings. The SMILES string of the molecule is Cc1ccc(O)c(O)c1.Cc1ccc2c(c1)OCCO2. The summed E-state index contributed by atoms with van der Waals surface area (Å²) in [4.78, 5) is 0. The fourth-order valence-corrected chi connectivity index (χ4v) is 1.78. The minimum Gasteiger partial charge on any atom is -0.504 e. The van der Waals surface area contributed by atoms with Crippen molar-refractivity contribution < 1.29 is 19.7 Å². The molecule has 2 aromatic carbocycles. The van der Waals surface area contributed by atoms with Crippen molar-refractivity contribution >= 4 is 0 Å². The summed E-state index contributed by atoms with van der Waals surface area (Å²) in [7, 11) is 0. The van der Waals surface area contributed by atoms with Crippen molar-refractivity contribution in [2.75, 3.05) is 13.2 Å². The van der Waals surface area contributed by atoms with Crippen molar-refractivity contribution in [3.05, 3.63) is 47.5 Å². The van der Waals surface area contributed by atoms with E-state index in [1.54, 1.807) is 6.07 Å². The molecule has 1 heterocycles. The van der Waals surface area contributed by atoms with Gasteiger partial charge in [0, 0.05) is 0 Å². The Kier molecular flexibility index (Phi) is 4.35. The highest BCUT2D eigenvalue weighted by atomic mass is 16.6. The highest BCUT2D eigenvalue weighted by Gasteiger charge is 2.09. The van der Waals surface area contributed by atoms with Crippen LogP contribution in [-0.4, -0.2) is 23.4 Å². The number of hydrogen-bond acceptors (Lipinski definition) is 4. The lowest BCUT2D eigenvalue weighted by atomic mass is 10.2. The molecule has 0 saturated heterocycles. The van der Waals surface area contributed by atoms with E-state index < -0.39 is 0 Å². The molecule has 2 N–H and O–H groups in total. The van der Waals surface area contributed by atoms with E-state index in [2.05, 4.69) is 0 Å². The molecule has 0 unspecified atom stereocenters. The van der Waals surface area contributed by atoms with Gasteiger partial charge in [-0.2, -0.15) is 0 Å². The van der Waals surface area contributed by atoms with E-state index in [4.69, 9.17) is 19.7 Å². The third kappa shape index (κ3) is 3.57. The molecule has 0 atom stereocenters. The third-order valence-corrected chi connectivity index (χ3v) is 2.83. The molecule has 0 aromatic heterocycles. The molecular formula is C16H18O4. The first-order valence-electron chi connectivity index (χ1n) is 6.41. The van der Waals surface area contributed by atoms with Gasteiger partial charge in [-0.05, 0) is 49.2 Å². The van der Waals surface area contributed by atoms with Gasteiger partial charge in [-0.25, -0.2) is 0 Å². The van der Waals surface area contributed by atoms with Crippen LogP contribution in [0.3, 0.4) is 0 Å². The van der Waals surface area contributed by atoms with Gasteiger partial charge in [0.15, 0.2) is 23.0 Å². The number of phenolic OH excluding ortho intramolecular Hbond substituents is 2. The fourth-order valence-electron chi connectivity index (χ4n) is 1.78. The van der Waals surface area contributed by atoms with Crippen molar-refractivity contribution in [1.82, 2.24) is 0 Å². The monoisotopic (exact) mass is 274 g/mol. The van der Waals surface area contributed by atoms with Gasteiger partial charge in [0.05, 0.1) is 0 Å². The lowest BCUT2D eigenvalue weighted by Gasteiger charge is -2.18. The Balaban J connectivity index is 0.000000151. The number of phenols is 2. The predicted octanol–water partition coefficient (Wildman–Crippen LogP) is 3.17. The van der Waals surface area contributed by atoms with Crippen molar-refractivity contribution in [2.45, 2.75) is 13.8 Å². The number of ether oxygens (including phenoxy) is 2. The first kappa shape index (κ1) is 14.1. The zero-order valence-corrected chi connectivity index (χ0v) is 11.6. The number of aryl methyl sites for hydroxylation is 2. The van der Waals surface area contributed by atoms with Crippen LogP contribution in [0, 0.1) is 13.8 Å². The first-order chi connectivity index (χ1) is 9.56. The molecule has 3 rings (SSSR count). The summed E-state index contributed by atoms with van der Waals surface area (Å²) in [5.74, 6) is 1.61. The molecular weight excluding hydrogens is 256 g/mol. The Morgan fingerprint density at radius 2 is 1.35 bits per heavy atom. The zero-order chi connectivity index (χ0) is 14.5. The summed E-state index contributed by atoms with van der Waals surface area (Å²) >= 11 is 0. The van der Waals surface area contributed by atoms with Crippen molar-refractivity contribution in [3.63, 3.8) is 0 Å². The highest BCUT2D eigenvalue weighted by molar-refractivity contribution is 5.43. The molecule has 0 bridgehead atoms. The zero-order valence-electron chi connectivity index (χ0n) is 11.6. The Bertz CT molecular complexity index is 593. The van der Waals surface area contributed by atoms with Gasteiger partial charge in [-0.1, -0.05) is 12.1 Å². The summed E-state index contributed by atoms with van der Waals surface area (Å²) in [5.41, 5.74) is 2.14. The van der Waals surface area contributed by atoms with Crippen LogP contribution in [0.2, 0.25) is 0 Å². The molecule has 0 fully saturated rings. The van der Waals surface area contributed by atoms with E-state index in [-0.39, 0.29) is 11.5 Å². The number of aromatic hydroxyl groups is 2. The first-order valence-corrected chi connectivity index (χ1v) is 6.41. The summed E-state index contributed by atoms with van der Waals surface area (Å²) < 4.78 is 10.7. The lowest BCUT2D eigenvalue weighted by molar-refractivity contribution is 0.171. The van der Waals surface area contributed by atoms with Gasteiger partial charge in [0.25, 0.3) is 0 Å².